The van der Waals surface area contributed by atoms with Crippen LogP contribution < -0.4 is 5.32 Å². The highest BCUT2D eigenvalue weighted by Crippen LogP contribution is 2.19. The zero-order valence-corrected chi connectivity index (χ0v) is 12.3. The summed E-state index contributed by atoms with van der Waals surface area (Å²) in [5.74, 6) is 0.671. The van der Waals surface area contributed by atoms with Crippen LogP contribution in [0, 0.1) is 5.92 Å². The lowest BCUT2D eigenvalue weighted by Gasteiger charge is -2.23. The topological polar surface area (TPSA) is 46.2 Å². The molecule has 4 heteroatoms. The fraction of sp³-hybridized carbons (Fsp3) is 1.00. The van der Waals surface area contributed by atoms with Crippen LogP contribution in [-0.4, -0.2) is 31.5 Å². The summed E-state index contributed by atoms with van der Waals surface area (Å²) in [6, 6.07) is 0.375. The Bertz CT molecular complexity index is 291. The normalized spacial score (nSPS) is 17.1. The van der Waals surface area contributed by atoms with E-state index in [4.69, 9.17) is 0 Å². The third kappa shape index (κ3) is 4.83. The van der Waals surface area contributed by atoms with Crippen molar-refractivity contribution in [3.05, 3.63) is 0 Å². The van der Waals surface area contributed by atoms with E-state index in [1.165, 1.54) is 0 Å². The average Bonchev–Trinajstić information content (AvgIpc) is 2.12. The molecule has 0 radical (unpaired) electrons. The molecule has 0 saturated carbocycles. The maximum atomic E-state index is 11.9. The molecule has 0 rings (SSSR count). The van der Waals surface area contributed by atoms with E-state index >= 15 is 0 Å². The number of rotatable bonds is 6. The molecule has 0 amide bonds. The van der Waals surface area contributed by atoms with Gasteiger partial charge in [0.1, 0.15) is 0 Å². The van der Waals surface area contributed by atoms with E-state index in [9.17, 15) is 8.42 Å². The van der Waals surface area contributed by atoms with Crippen molar-refractivity contribution in [3.8, 4) is 0 Å². The molecule has 0 aliphatic carbocycles. The van der Waals surface area contributed by atoms with Gasteiger partial charge in [0.05, 0.1) is 10.5 Å². The summed E-state index contributed by atoms with van der Waals surface area (Å²) in [6.07, 6.45) is 0.730. The third-order valence-corrected chi connectivity index (χ3v) is 5.79. The molecular weight excluding hydrogens is 222 g/mol. The van der Waals surface area contributed by atoms with Crippen molar-refractivity contribution in [1.29, 1.82) is 0 Å². The summed E-state index contributed by atoms with van der Waals surface area (Å²) < 4.78 is 23.2. The maximum absolute atomic E-state index is 11.9. The number of hydrogen-bond donors (Lipinski definition) is 1. The van der Waals surface area contributed by atoms with Gasteiger partial charge >= 0.3 is 0 Å². The first-order chi connectivity index (χ1) is 7.12. The van der Waals surface area contributed by atoms with Crippen molar-refractivity contribution in [2.75, 3.05) is 12.3 Å². The van der Waals surface area contributed by atoms with Gasteiger partial charge in [-0.2, -0.15) is 0 Å². The van der Waals surface area contributed by atoms with Crippen molar-refractivity contribution in [2.45, 2.75) is 58.8 Å². The minimum atomic E-state index is -2.97. The van der Waals surface area contributed by atoms with Crippen LogP contribution in [-0.2, 0) is 9.84 Å². The summed E-state index contributed by atoms with van der Waals surface area (Å²) in [4.78, 5) is 0. The first kappa shape index (κ1) is 15.9. The molecule has 0 bridgehead atoms. The third-order valence-electron chi connectivity index (χ3n) is 3.15. The fourth-order valence-electron chi connectivity index (χ4n) is 1.42. The Kier molecular flexibility index (Phi) is 5.98. The van der Waals surface area contributed by atoms with Gasteiger partial charge in [0.25, 0.3) is 0 Å². The Labute approximate surface area is 101 Å². The van der Waals surface area contributed by atoms with Gasteiger partial charge < -0.3 is 5.32 Å². The molecule has 0 aliphatic rings. The standard InChI is InChI=1S/C12H27NO2S/c1-7-13-11(3)10(2)8-9-16(14,15)12(4,5)6/h10-11,13H,7-9H2,1-6H3. The molecule has 0 aromatic carbocycles. The van der Waals surface area contributed by atoms with Gasteiger partial charge in [0.2, 0.25) is 0 Å². The summed E-state index contributed by atoms with van der Waals surface area (Å²) in [7, 11) is -2.97. The summed E-state index contributed by atoms with van der Waals surface area (Å²) in [5, 5.41) is 3.33. The molecule has 0 heterocycles. The molecule has 0 fully saturated rings. The van der Waals surface area contributed by atoms with Gasteiger partial charge in [0.15, 0.2) is 9.84 Å². The van der Waals surface area contributed by atoms with Crippen LogP contribution in [0.4, 0.5) is 0 Å². The molecule has 16 heavy (non-hydrogen) atoms. The summed E-state index contributed by atoms with van der Waals surface area (Å²) in [5.41, 5.74) is 0. The summed E-state index contributed by atoms with van der Waals surface area (Å²) >= 11 is 0. The minimum absolute atomic E-state index is 0.285. The van der Waals surface area contributed by atoms with Crippen LogP contribution >= 0.6 is 0 Å². The fourth-order valence-corrected chi connectivity index (χ4v) is 2.71. The molecule has 0 aliphatic heterocycles. The van der Waals surface area contributed by atoms with Gasteiger partial charge in [-0.1, -0.05) is 13.8 Å². The van der Waals surface area contributed by atoms with Crippen LogP contribution in [0.2, 0.25) is 0 Å². The van der Waals surface area contributed by atoms with Crippen molar-refractivity contribution in [1.82, 2.24) is 5.32 Å². The molecule has 0 aromatic heterocycles. The molecule has 2 unspecified atom stereocenters. The van der Waals surface area contributed by atoms with Crippen molar-refractivity contribution >= 4 is 9.84 Å². The lowest BCUT2D eigenvalue weighted by Crippen LogP contribution is -2.35. The van der Waals surface area contributed by atoms with E-state index in [-0.39, 0.29) is 5.75 Å². The van der Waals surface area contributed by atoms with Gasteiger partial charge in [-0.25, -0.2) is 8.42 Å². The quantitative estimate of drug-likeness (QED) is 0.785. The Hall–Kier alpha value is -0.0900. The molecule has 3 nitrogen and oxygen atoms in total. The van der Waals surface area contributed by atoms with E-state index in [1.807, 2.05) is 0 Å². The van der Waals surface area contributed by atoms with Crippen LogP contribution in [0.3, 0.4) is 0 Å². The molecular formula is C12H27NO2S. The Balaban J connectivity index is 4.26. The van der Waals surface area contributed by atoms with Gasteiger partial charge in [0, 0.05) is 6.04 Å². The van der Waals surface area contributed by atoms with Crippen molar-refractivity contribution in [2.24, 2.45) is 5.92 Å². The predicted molar refractivity (Wildman–Crippen MR) is 70.5 cm³/mol. The second-order valence-electron chi connectivity index (χ2n) is 5.54. The number of nitrogens with one attached hydrogen (secondary N) is 1. The molecule has 0 saturated heterocycles. The van der Waals surface area contributed by atoms with Crippen molar-refractivity contribution in [3.63, 3.8) is 0 Å². The zero-order valence-electron chi connectivity index (χ0n) is 11.5. The smallest absolute Gasteiger partial charge is 0.155 e. The Morgan fingerprint density at radius 2 is 1.69 bits per heavy atom. The Morgan fingerprint density at radius 3 is 2.06 bits per heavy atom. The molecule has 0 aromatic rings. The first-order valence-corrected chi connectivity index (χ1v) is 7.72. The van der Waals surface area contributed by atoms with E-state index in [0.717, 1.165) is 13.0 Å². The zero-order chi connectivity index (χ0) is 13.0. The highest BCUT2D eigenvalue weighted by molar-refractivity contribution is 7.92. The second kappa shape index (κ2) is 6.01. The first-order valence-electron chi connectivity index (χ1n) is 6.07. The van der Waals surface area contributed by atoms with E-state index in [2.05, 4.69) is 26.1 Å². The minimum Gasteiger partial charge on any atom is -0.314 e. The summed E-state index contributed by atoms with van der Waals surface area (Å²) in [6.45, 7) is 12.5. The van der Waals surface area contributed by atoms with Gasteiger partial charge in [-0.05, 0) is 46.6 Å². The average molecular weight is 249 g/mol. The van der Waals surface area contributed by atoms with Gasteiger partial charge in [-0.3, -0.25) is 0 Å². The molecule has 0 spiro atoms. The SMILES string of the molecule is CCNC(C)C(C)CCS(=O)(=O)C(C)(C)C. The molecule has 98 valence electrons. The largest absolute Gasteiger partial charge is 0.314 e. The van der Waals surface area contributed by atoms with Crippen LogP contribution in [0.15, 0.2) is 0 Å². The van der Waals surface area contributed by atoms with Crippen LogP contribution in [0.5, 0.6) is 0 Å². The highest BCUT2D eigenvalue weighted by Gasteiger charge is 2.29. The lowest BCUT2D eigenvalue weighted by molar-refractivity contribution is 0.397. The van der Waals surface area contributed by atoms with Gasteiger partial charge in [-0.15, -0.1) is 0 Å². The van der Waals surface area contributed by atoms with E-state index in [1.54, 1.807) is 20.8 Å². The predicted octanol–water partition coefficient (Wildman–Crippen LogP) is 2.22. The lowest BCUT2D eigenvalue weighted by atomic mass is 10.0. The Morgan fingerprint density at radius 1 is 1.19 bits per heavy atom. The van der Waals surface area contributed by atoms with Crippen LogP contribution in [0.25, 0.3) is 0 Å². The molecule has 1 N–H and O–H groups in total. The number of sulfone groups is 1. The highest BCUT2D eigenvalue weighted by atomic mass is 32.2. The number of hydrogen-bond acceptors (Lipinski definition) is 3. The second-order valence-corrected chi connectivity index (χ2v) is 8.41. The van der Waals surface area contributed by atoms with Crippen molar-refractivity contribution < 1.29 is 8.42 Å². The van der Waals surface area contributed by atoms with E-state index in [0.29, 0.717) is 12.0 Å². The maximum Gasteiger partial charge on any atom is 0.155 e. The monoisotopic (exact) mass is 249 g/mol. The van der Waals surface area contributed by atoms with Crippen LogP contribution in [0.1, 0.15) is 48.0 Å². The molecule has 2 atom stereocenters. The van der Waals surface area contributed by atoms with E-state index < -0.39 is 14.6 Å².